The average Bonchev–Trinajstić information content (AvgIpc) is 1.62. The van der Waals surface area contributed by atoms with E-state index in [4.69, 9.17) is 78.2 Å². The first kappa shape index (κ1) is 104. The molecule has 0 bridgehead atoms. The molecule has 125 heavy (non-hydrogen) atoms. The molecule has 31 heteroatoms. The number of halogens is 7. The number of esters is 3. The zero-order valence-electron chi connectivity index (χ0n) is 74.9. The number of rotatable bonds is 28. The molecule has 13 rings (SSSR count). The van der Waals surface area contributed by atoms with E-state index in [9.17, 15) is 14.4 Å². The number of unbranched alkanes of at least 4 members (excludes halogenated alkanes) is 3. The molecule has 6 aromatic carbocycles. The maximum Gasteiger partial charge on any atom is 0.339 e. The molecule has 17 nitrogen and oxygen atoms in total. The van der Waals surface area contributed by atoms with Crippen LogP contribution in [0.2, 0.25) is 28.4 Å². The predicted molar refractivity (Wildman–Crippen MR) is 544 cm³/mol. The second-order valence-corrected chi connectivity index (χ2v) is 58.1. The van der Waals surface area contributed by atoms with Crippen molar-refractivity contribution in [1.82, 2.24) is 40.1 Å². The van der Waals surface area contributed by atoms with Gasteiger partial charge in [0.1, 0.15) is 9.21 Å². The Kier molecular flexibility index (Phi) is 40.4. The molecular weight excluding hydrogens is 2120 g/mol. The minimum absolute atomic E-state index is 0.268. The zero-order valence-corrected chi connectivity index (χ0v) is 91.3. The number of benzene rings is 6. The molecule has 0 amide bonds. The van der Waals surface area contributed by atoms with Crippen LogP contribution in [0, 0.1) is 20.8 Å². The largest absolute Gasteiger partial charge is 0.464 e. The van der Waals surface area contributed by atoms with Gasteiger partial charge in [0.05, 0.1) is 67.3 Å². The van der Waals surface area contributed by atoms with Crippen LogP contribution in [0.4, 0.5) is 0 Å². The summed E-state index contributed by atoms with van der Waals surface area (Å²) in [7, 11) is 0. The van der Waals surface area contributed by atoms with Crippen LogP contribution in [0.5, 0.6) is 0 Å². The van der Waals surface area contributed by atoms with E-state index in [1.165, 1.54) is 98.9 Å². The van der Waals surface area contributed by atoms with Crippen LogP contribution in [0.25, 0.3) is 84.1 Å². The van der Waals surface area contributed by atoms with Gasteiger partial charge in [-0.2, -0.15) is 0 Å². The minimum atomic E-state index is -2.20. The molecule has 1 N–H and O–H groups in total. The molecule has 0 radical (unpaired) electrons. The van der Waals surface area contributed by atoms with E-state index in [0.29, 0.717) is 15.1 Å². The van der Waals surface area contributed by atoms with Crippen molar-refractivity contribution in [2.75, 3.05) is 46.0 Å². The van der Waals surface area contributed by atoms with E-state index >= 15 is 0 Å². The van der Waals surface area contributed by atoms with Crippen molar-refractivity contribution in [2.24, 2.45) is 0 Å². The standard InChI is InChI=1S/2C25H24BrClN2O3S2.C22H23BrClNO3S.C7H16N2.3C4H9.C3HBrNS.Sn/c2*1-6-31-24(30)20(32-25(3,4)5)18-13(2)11-16-21(19(18)14-7-9-15(27)10-8-14)34-23(28-16)22-29-17(26)12-33-22;1-6-27-20(26)18(28-22(3,4)5)16-12(2)11-15-19(29-21(23)25-15)17(16)13-7-9-14(24)10-8-13;1-7(2)9-5-3-8-4-6-9;3*1-3-4-2;4-3-1-6-2-5-3;/h2*7-12,20H,6H2,1-5H3;7-11,18H,6H2,1-5H3;7-8H,3-6H2,1-2H3;3*1,3-4H2,2H3;1H;/t2*20-;18-;;;;;;/m000....../s1. The van der Waals surface area contributed by atoms with Crippen molar-refractivity contribution >= 4 is 237 Å². The van der Waals surface area contributed by atoms with Crippen molar-refractivity contribution in [3.63, 3.8) is 0 Å². The van der Waals surface area contributed by atoms with Crippen molar-refractivity contribution in [2.45, 2.75) is 231 Å². The molecule has 0 aliphatic carbocycles. The Hall–Kier alpha value is -4.32. The third-order valence-electron chi connectivity index (χ3n) is 20.0. The van der Waals surface area contributed by atoms with Gasteiger partial charge in [-0.05, 0) is 253 Å². The van der Waals surface area contributed by atoms with E-state index in [1.807, 2.05) is 196 Å². The van der Waals surface area contributed by atoms with E-state index in [-0.39, 0.29) is 19.8 Å². The molecule has 0 saturated carbocycles. The van der Waals surface area contributed by atoms with Crippen LogP contribution >= 0.6 is 167 Å². The smallest absolute Gasteiger partial charge is 0.339 e. The summed E-state index contributed by atoms with van der Waals surface area (Å²) in [5, 5.41) is 14.6. The third kappa shape index (κ3) is 29.3. The molecule has 6 aromatic heterocycles. The number of fused-ring (bicyclic) bond motifs is 3. The van der Waals surface area contributed by atoms with E-state index in [2.05, 4.69) is 129 Å². The summed E-state index contributed by atoms with van der Waals surface area (Å²) >= 11 is 39.8. The van der Waals surface area contributed by atoms with E-state index < -0.39 is 71.4 Å². The number of hydrogen-bond acceptors (Lipinski definition) is 23. The van der Waals surface area contributed by atoms with Crippen molar-refractivity contribution in [3.05, 3.63) is 173 Å². The van der Waals surface area contributed by atoms with Gasteiger partial charge in [-0.1, -0.05) is 71.2 Å². The second kappa shape index (κ2) is 48.4. The molecule has 0 unspecified atom stereocenters. The first-order valence-corrected chi connectivity index (χ1v) is 59.2. The average molecular weight is 2240 g/mol. The summed E-state index contributed by atoms with van der Waals surface area (Å²) in [5.41, 5.74) is 11.5. The van der Waals surface area contributed by atoms with Crippen LogP contribution in [0.15, 0.2) is 125 Å². The Morgan fingerprint density at radius 2 is 0.760 bits per heavy atom. The SMILES string of the molecule is CC(C)N1CCNCC1.CCC[CH2][Sn]([CH2]CCC)([CH2]CCC)[c]1nc(Br)cs1.CCOC(=O)[C@@H](OC(C)(C)C)c1c(C)cc2nc(-c3nc(Br)cs3)sc2c1-c1ccc(Cl)cc1.CCOC(=O)[C@@H](OC(C)(C)C)c1c(C)cc2nc(-c3nc(Br)cs3)sc2c1-c1ccc(Cl)cc1.CCOC(=O)[C@@H](OC(C)(C)C)c1c(C)cc2nc(Br)sc2c1-c1ccc(Cl)cc1. The van der Waals surface area contributed by atoms with Gasteiger partial charge in [-0.25, -0.2) is 39.3 Å². The Bertz CT molecular complexity index is 5320. The summed E-state index contributed by atoms with van der Waals surface area (Å²) in [6.07, 6.45) is 5.62. The number of thiazole rings is 6. The van der Waals surface area contributed by atoms with E-state index in [1.54, 1.807) is 46.5 Å². The number of nitrogens with one attached hydrogen (secondary N) is 1. The van der Waals surface area contributed by atoms with Crippen molar-refractivity contribution in [3.8, 4) is 53.4 Å². The molecular formula is C94H115Br4Cl3N8O9S6Sn. The normalized spacial score (nSPS) is 13.4. The van der Waals surface area contributed by atoms with Gasteiger partial charge in [-0.15, -0.1) is 56.7 Å². The first-order chi connectivity index (χ1) is 59.2. The number of aryl methyl sites for hydroxylation is 3. The van der Waals surface area contributed by atoms with Gasteiger partial charge in [-0.3, -0.25) is 4.90 Å². The molecule has 1 fully saturated rings. The second-order valence-electron chi connectivity index (χ2n) is 33.5. The number of piperazine rings is 1. The number of carbonyl (C=O) groups excluding carboxylic acids is 3. The Balaban J connectivity index is 0.000000185. The van der Waals surface area contributed by atoms with E-state index in [0.717, 1.165) is 154 Å². The van der Waals surface area contributed by atoms with Gasteiger partial charge in [0, 0.05) is 91.4 Å². The summed E-state index contributed by atoms with van der Waals surface area (Å²) in [4.78, 5) is 70.1. The molecule has 1 aliphatic heterocycles. The fourth-order valence-corrected chi connectivity index (χ4v) is 41.5. The predicted octanol–water partition coefficient (Wildman–Crippen LogP) is 29.8. The quantitative estimate of drug-likeness (QED) is 0.0275. The van der Waals surface area contributed by atoms with Gasteiger partial charge >= 0.3 is 154 Å². The Morgan fingerprint density at radius 3 is 1.03 bits per heavy atom. The van der Waals surface area contributed by atoms with Crippen LogP contribution in [0.3, 0.4) is 0 Å². The van der Waals surface area contributed by atoms with Gasteiger partial charge in [0.25, 0.3) is 0 Å². The fourth-order valence-electron chi connectivity index (χ4n) is 14.5. The first-order valence-electron chi connectivity index (χ1n) is 42.3. The number of hydrogen-bond donors (Lipinski definition) is 1. The molecule has 3 atom stereocenters. The van der Waals surface area contributed by atoms with Crippen LogP contribution in [-0.2, 0) is 42.8 Å². The topological polar surface area (TPSA) is 199 Å². The maximum absolute atomic E-state index is 13.2. The molecule has 1 saturated heterocycles. The Morgan fingerprint density at radius 1 is 0.448 bits per heavy atom. The summed E-state index contributed by atoms with van der Waals surface area (Å²) in [6, 6.07) is 29.5. The zero-order chi connectivity index (χ0) is 91.4. The number of carbonyl (C=O) groups is 3. The number of ether oxygens (including phenoxy) is 6. The van der Waals surface area contributed by atoms with Gasteiger partial charge < -0.3 is 33.7 Å². The van der Waals surface area contributed by atoms with Gasteiger partial charge in [0.15, 0.2) is 42.3 Å². The summed E-state index contributed by atoms with van der Waals surface area (Å²) in [6.45, 7) is 45.8. The van der Waals surface area contributed by atoms with Crippen molar-refractivity contribution < 1.29 is 42.8 Å². The van der Waals surface area contributed by atoms with Crippen LogP contribution in [0.1, 0.15) is 208 Å². The molecule has 674 valence electrons. The maximum atomic E-state index is 13.2. The monoisotopic (exact) mass is 2230 g/mol. The summed E-state index contributed by atoms with van der Waals surface area (Å²) < 4.78 is 47.6. The summed E-state index contributed by atoms with van der Waals surface area (Å²) in [5.74, 6) is -1.23. The number of nitrogens with zero attached hydrogens (tertiary/aromatic N) is 7. The molecule has 1 aliphatic rings. The fraction of sp³-hybridized carbons (Fsp3) is 0.457. The third-order valence-corrected chi connectivity index (χ3v) is 47.3. The van der Waals surface area contributed by atoms with Crippen molar-refractivity contribution in [1.29, 1.82) is 0 Å². The van der Waals surface area contributed by atoms with Crippen LogP contribution < -0.4 is 8.34 Å². The Labute approximate surface area is 814 Å². The van der Waals surface area contributed by atoms with Crippen LogP contribution in [-0.4, -0.2) is 140 Å². The number of aromatic nitrogens is 6. The minimum Gasteiger partial charge on any atom is -0.464 e. The van der Waals surface area contributed by atoms with Gasteiger partial charge in [0.2, 0.25) is 0 Å². The molecule has 12 aromatic rings. The molecule has 0 spiro atoms. The molecule has 7 heterocycles.